The van der Waals surface area contributed by atoms with E-state index in [1.807, 2.05) is 9.80 Å². The number of alkyl halides is 3. The van der Waals surface area contributed by atoms with Gasteiger partial charge in [-0.2, -0.15) is 13.2 Å². The van der Waals surface area contributed by atoms with Crippen molar-refractivity contribution >= 4 is 11.6 Å². The van der Waals surface area contributed by atoms with Crippen LogP contribution in [0.3, 0.4) is 0 Å². The van der Waals surface area contributed by atoms with Crippen LogP contribution in [-0.4, -0.2) is 73.3 Å². The molecule has 1 aromatic heterocycles. The number of fused-ring (bicyclic) bond motifs is 2. The van der Waals surface area contributed by atoms with Gasteiger partial charge in [0.25, 0.3) is 0 Å². The van der Waals surface area contributed by atoms with E-state index in [1.54, 1.807) is 6.07 Å². The summed E-state index contributed by atoms with van der Waals surface area (Å²) in [6.07, 6.45) is -0.451. The molecule has 34 heavy (non-hydrogen) atoms. The summed E-state index contributed by atoms with van der Waals surface area (Å²) in [4.78, 5) is 14.3. The zero-order valence-electron chi connectivity index (χ0n) is 19.3. The van der Waals surface area contributed by atoms with Crippen molar-refractivity contribution in [2.75, 3.05) is 62.2 Å². The Kier molecular flexibility index (Phi) is 5.44. The van der Waals surface area contributed by atoms with Gasteiger partial charge >= 0.3 is 6.18 Å². The molecule has 6 nitrogen and oxygen atoms in total. The molecule has 1 aliphatic carbocycles. The lowest BCUT2D eigenvalue weighted by molar-refractivity contribution is -0.144. The number of rotatable bonds is 3. The van der Waals surface area contributed by atoms with Crippen LogP contribution in [0.2, 0.25) is 0 Å². The lowest BCUT2D eigenvalue weighted by Gasteiger charge is -2.47. The average Bonchev–Trinajstić information content (AvgIpc) is 3.17. The molecule has 0 amide bonds. The fraction of sp³-hybridized carbons (Fsp3) is 0.600. The summed E-state index contributed by atoms with van der Waals surface area (Å²) in [5.41, 5.74) is 3.02. The highest BCUT2D eigenvalue weighted by Crippen LogP contribution is 2.46. The van der Waals surface area contributed by atoms with Crippen molar-refractivity contribution in [3.05, 3.63) is 47.3 Å². The predicted molar refractivity (Wildman–Crippen MR) is 125 cm³/mol. The highest BCUT2D eigenvalue weighted by Gasteiger charge is 2.42. The van der Waals surface area contributed by atoms with E-state index in [1.165, 1.54) is 11.1 Å². The maximum atomic E-state index is 13.7. The van der Waals surface area contributed by atoms with Crippen LogP contribution in [0.15, 0.2) is 30.3 Å². The van der Waals surface area contributed by atoms with E-state index in [2.05, 4.69) is 44.5 Å². The highest BCUT2D eigenvalue weighted by molar-refractivity contribution is 5.54. The Morgan fingerprint density at radius 3 is 2.26 bits per heavy atom. The molecule has 3 fully saturated rings. The molecule has 4 heterocycles. The van der Waals surface area contributed by atoms with Gasteiger partial charge in [0.1, 0.15) is 11.6 Å². The predicted octanol–water partition coefficient (Wildman–Crippen LogP) is 3.07. The van der Waals surface area contributed by atoms with Crippen LogP contribution < -0.4 is 15.1 Å². The molecule has 4 aliphatic rings. The molecule has 0 saturated carbocycles. The summed E-state index contributed by atoms with van der Waals surface area (Å²) < 4.78 is 41.1. The minimum atomic E-state index is -4.56. The molecule has 1 spiro atoms. The van der Waals surface area contributed by atoms with Crippen LogP contribution in [0.1, 0.15) is 36.2 Å². The molecule has 1 N–H and O–H groups in total. The Hall–Kier alpha value is -2.39. The number of aromatic nitrogens is 2. The normalized spacial score (nSPS) is 23.3. The van der Waals surface area contributed by atoms with Gasteiger partial charge in [-0.15, -0.1) is 0 Å². The van der Waals surface area contributed by atoms with Gasteiger partial charge in [-0.1, -0.05) is 24.3 Å². The topological polar surface area (TPSA) is 47.5 Å². The third kappa shape index (κ3) is 3.92. The zero-order chi connectivity index (χ0) is 23.3. The Morgan fingerprint density at radius 2 is 1.56 bits per heavy atom. The van der Waals surface area contributed by atoms with E-state index in [0.29, 0.717) is 43.9 Å². The summed E-state index contributed by atoms with van der Waals surface area (Å²) in [6, 6.07) is 10.8. The van der Waals surface area contributed by atoms with Gasteiger partial charge in [0.15, 0.2) is 0 Å². The molecular formula is C25H31F3N6. The number of hydrogen-bond acceptors (Lipinski definition) is 6. The van der Waals surface area contributed by atoms with Gasteiger partial charge in [-0.05, 0) is 42.2 Å². The number of hydrogen-bond donors (Lipinski definition) is 1. The molecule has 6 rings (SSSR count). The number of anilines is 2. The summed E-state index contributed by atoms with van der Waals surface area (Å²) in [5, 5.41) is 3.35. The third-order valence-electron chi connectivity index (χ3n) is 8.31. The number of nitrogens with zero attached hydrogens (tertiary/aromatic N) is 5. The quantitative estimate of drug-likeness (QED) is 0.741. The minimum absolute atomic E-state index is 0.157. The fourth-order valence-electron chi connectivity index (χ4n) is 6.24. The van der Waals surface area contributed by atoms with E-state index >= 15 is 0 Å². The van der Waals surface area contributed by atoms with E-state index in [4.69, 9.17) is 0 Å². The average molecular weight is 473 g/mol. The molecule has 0 radical (unpaired) electrons. The third-order valence-corrected chi connectivity index (χ3v) is 8.31. The Bertz CT molecular complexity index is 1040. The number of aryl methyl sites for hydroxylation is 1. The van der Waals surface area contributed by atoms with Gasteiger partial charge < -0.3 is 15.1 Å². The Morgan fingerprint density at radius 1 is 0.882 bits per heavy atom. The van der Waals surface area contributed by atoms with Crippen molar-refractivity contribution in [2.45, 2.75) is 43.3 Å². The minimum Gasteiger partial charge on any atom is -0.356 e. The van der Waals surface area contributed by atoms with Gasteiger partial charge in [-0.25, -0.2) is 9.97 Å². The van der Waals surface area contributed by atoms with Crippen LogP contribution in [0.5, 0.6) is 0 Å². The van der Waals surface area contributed by atoms with E-state index in [-0.39, 0.29) is 5.41 Å². The monoisotopic (exact) mass is 472 g/mol. The largest absolute Gasteiger partial charge is 0.451 e. The van der Waals surface area contributed by atoms with E-state index in [0.717, 1.165) is 51.9 Å². The zero-order valence-corrected chi connectivity index (χ0v) is 19.3. The number of benzene rings is 1. The first-order valence-corrected chi connectivity index (χ1v) is 12.4. The van der Waals surface area contributed by atoms with Gasteiger partial charge in [0, 0.05) is 64.5 Å². The van der Waals surface area contributed by atoms with Crippen molar-refractivity contribution in [1.82, 2.24) is 20.2 Å². The molecule has 1 aromatic carbocycles. The molecule has 0 atom stereocenters. The maximum Gasteiger partial charge on any atom is 0.451 e. The van der Waals surface area contributed by atoms with Crippen molar-refractivity contribution < 1.29 is 13.2 Å². The van der Waals surface area contributed by atoms with Crippen molar-refractivity contribution in [1.29, 1.82) is 0 Å². The molecule has 0 unspecified atom stereocenters. The molecule has 3 aliphatic heterocycles. The molecule has 9 heteroatoms. The molecule has 2 aromatic rings. The lowest BCUT2D eigenvalue weighted by Crippen LogP contribution is -2.63. The first-order chi connectivity index (χ1) is 16.4. The smallest absolute Gasteiger partial charge is 0.356 e. The van der Waals surface area contributed by atoms with Crippen LogP contribution in [0, 0.1) is 0 Å². The van der Waals surface area contributed by atoms with Crippen molar-refractivity contribution in [3.8, 4) is 0 Å². The summed E-state index contributed by atoms with van der Waals surface area (Å²) >= 11 is 0. The van der Waals surface area contributed by atoms with E-state index in [9.17, 15) is 13.2 Å². The molecular weight excluding hydrogens is 441 g/mol. The SMILES string of the molecule is FC(F)(F)c1nc(N2CCC3(CCc4ccccc43)CC2)cc(N2CC(N3CCNCC3)C2)n1. The summed E-state index contributed by atoms with van der Waals surface area (Å²) in [7, 11) is 0. The first-order valence-electron chi connectivity index (χ1n) is 12.4. The first kappa shape index (κ1) is 22.1. The molecule has 0 bridgehead atoms. The Balaban J connectivity index is 1.20. The van der Waals surface area contributed by atoms with Crippen LogP contribution in [-0.2, 0) is 18.0 Å². The van der Waals surface area contributed by atoms with Gasteiger partial charge in [-0.3, -0.25) is 4.90 Å². The van der Waals surface area contributed by atoms with Gasteiger partial charge in [0.05, 0.1) is 0 Å². The van der Waals surface area contributed by atoms with Crippen molar-refractivity contribution in [2.24, 2.45) is 0 Å². The summed E-state index contributed by atoms with van der Waals surface area (Å²) in [6.45, 7) is 6.76. The number of halogens is 3. The van der Waals surface area contributed by atoms with Crippen LogP contribution in [0.4, 0.5) is 24.8 Å². The standard InChI is InChI=1S/C25H31F3N6/c26-25(27,28)23-30-21(15-22(31-23)34-16-19(17-34)32-13-9-29-10-14-32)33-11-7-24(8-12-33)6-5-18-3-1-2-4-20(18)24/h1-4,15,19,29H,5-14,16-17H2. The second-order valence-corrected chi connectivity index (χ2v) is 10.2. The number of piperidine rings is 1. The molecule has 182 valence electrons. The van der Waals surface area contributed by atoms with E-state index < -0.39 is 12.0 Å². The second kappa shape index (κ2) is 8.37. The van der Waals surface area contributed by atoms with Crippen LogP contribution >= 0.6 is 0 Å². The maximum absolute atomic E-state index is 13.7. The van der Waals surface area contributed by atoms with Crippen LogP contribution in [0.25, 0.3) is 0 Å². The van der Waals surface area contributed by atoms with Gasteiger partial charge in [0.2, 0.25) is 5.82 Å². The second-order valence-electron chi connectivity index (χ2n) is 10.2. The Labute approximate surface area is 198 Å². The summed E-state index contributed by atoms with van der Waals surface area (Å²) in [5.74, 6) is -0.226. The fourth-order valence-corrected chi connectivity index (χ4v) is 6.24. The molecule has 3 saturated heterocycles. The van der Waals surface area contributed by atoms with Crippen molar-refractivity contribution in [3.63, 3.8) is 0 Å². The highest BCUT2D eigenvalue weighted by atomic mass is 19.4. The number of nitrogens with one attached hydrogen (secondary N) is 1. The lowest BCUT2D eigenvalue weighted by atomic mass is 9.74. The number of piperazine rings is 1.